The molecule has 174 valence electrons. The molecule has 0 spiro atoms. The van der Waals surface area contributed by atoms with Gasteiger partial charge in [-0.15, -0.1) is 0 Å². The molecule has 7 heteroatoms. The van der Waals surface area contributed by atoms with E-state index >= 15 is 0 Å². The quantitative estimate of drug-likeness (QED) is 0.656. The van der Waals surface area contributed by atoms with E-state index in [0.29, 0.717) is 28.7 Å². The van der Waals surface area contributed by atoms with Crippen molar-refractivity contribution < 1.29 is 9.53 Å². The highest BCUT2D eigenvalue weighted by Crippen LogP contribution is 2.27. The van der Waals surface area contributed by atoms with Gasteiger partial charge in [0.15, 0.2) is 0 Å². The van der Waals surface area contributed by atoms with E-state index in [9.17, 15) is 4.79 Å². The van der Waals surface area contributed by atoms with Gasteiger partial charge in [0.05, 0.1) is 35.3 Å². The average molecular weight is 459 g/mol. The molecule has 2 fully saturated rings. The molecule has 1 aromatic carbocycles. The molecule has 0 N–H and O–H groups in total. The van der Waals surface area contributed by atoms with Crippen molar-refractivity contribution in [1.29, 1.82) is 0 Å². The standard InChI is InChI=1S/C25H35ClN4O2/c1-17(2)24-23(13-27-30(24)22-7-5-6-21(26)12-22)25(31)29-10-8-20(9-11-29)16-28-14-18(3)32-19(4)15-28/h5-7,12-13,17-20H,8-11,14-16H2,1-4H3. The molecule has 1 aromatic heterocycles. The molecule has 0 bridgehead atoms. The molecule has 0 aliphatic carbocycles. The molecule has 2 unspecified atom stereocenters. The summed E-state index contributed by atoms with van der Waals surface area (Å²) in [7, 11) is 0. The van der Waals surface area contributed by atoms with Crippen molar-refractivity contribution in [3.05, 3.63) is 46.7 Å². The molecule has 2 aliphatic heterocycles. The third-order valence-electron chi connectivity index (χ3n) is 6.55. The largest absolute Gasteiger partial charge is 0.373 e. The third-order valence-corrected chi connectivity index (χ3v) is 6.78. The van der Waals surface area contributed by atoms with Gasteiger partial charge in [-0.3, -0.25) is 9.69 Å². The Kier molecular flexibility index (Phi) is 7.23. The van der Waals surface area contributed by atoms with Crippen molar-refractivity contribution in [2.75, 3.05) is 32.7 Å². The molecule has 0 radical (unpaired) electrons. The van der Waals surface area contributed by atoms with Crippen LogP contribution in [0.1, 0.15) is 62.5 Å². The molecule has 2 atom stereocenters. The fourth-order valence-electron chi connectivity index (χ4n) is 5.18. The zero-order valence-corrected chi connectivity index (χ0v) is 20.4. The lowest BCUT2D eigenvalue weighted by Gasteiger charge is -2.39. The lowest BCUT2D eigenvalue weighted by Crippen LogP contribution is -2.48. The Morgan fingerprint density at radius 1 is 1.19 bits per heavy atom. The van der Waals surface area contributed by atoms with Crippen LogP contribution in [-0.2, 0) is 4.74 Å². The molecule has 1 amide bonds. The maximum atomic E-state index is 13.4. The number of halogens is 1. The van der Waals surface area contributed by atoms with E-state index in [-0.39, 0.29) is 11.8 Å². The lowest BCUT2D eigenvalue weighted by atomic mass is 9.94. The first kappa shape index (κ1) is 23.3. The number of carbonyl (C=O) groups is 1. The Hall–Kier alpha value is -1.89. The molecule has 2 saturated heterocycles. The number of hydrogen-bond acceptors (Lipinski definition) is 4. The van der Waals surface area contributed by atoms with Crippen LogP contribution in [0.4, 0.5) is 0 Å². The van der Waals surface area contributed by atoms with E-state index in [0.717, 1.165) is 56.9 Å². The van der Waals surface area contributed by atoms with Crippen molar-refractivity contribution >= 4 is 17.5 Å². The number of benzene rings is 1. The van der Waals surface area contributed by atoms with Gasteiger partial charge in [-0.2, -0.15) is 5.10 Å². The zero-order valence-electron chi connectivity index (χ0n) is 19.6. The Morgan fingerprint density at radius 2 is 1.88 bits per heavy atom. The maximum absolute atomic E-state index is 13.4. The summed E-state index contributed by atoms with van der Waals surface area (Å²) in [5, 5.41) is 5.22. The highest BCUT2D eigenvalue weighted by atomic mass is 35.5. The van der Waals surface area contributed by atoms with Gasteiger partial charge in [0.1, 0.15) is 0 Å². The van der Waals surface area contributed by atoms with E-state index in [1.807, 2.05) is 33.8 Å². The molecule has 6 nitrogen and oxygen atoms in total. The highest BCUT2D eigenvalue weighted by Gasteiger charge is 2.30. The van der Waals surface area contributed by atoms with Crippen molar-refractivity contribution in [1.82, 2.24) is 19.6 Å². The smallest absolute Gasteiger partial charge is 0.257 e. The third kappa shape index (κ3) is 5.19. The second-order valence-electron chi connectivity index (χ2n) is 9.70. The number of morpholine rings is 1. The van der Waals surface area contributed by atoms with E-state index < -0.39 is 0 Å². The summed E-state index contributed by atoms with van der Waals surface area (Å²) in [5.74, 6) is 0.891. The number of carbonyl (C=O) groups excluding carboxylic acids is 1. The molecule has 0 saturated carbocycles. The lowest BCUT2D eigenvalue weighted by molar-refractivity contribution is -0.0728. The van der Waals surface area contributed by atoms with Crippen LogP contribution in [0.25, 0.3) is 5.69 Å². The van der Waals surface area contributed by atoms with Crippen LogP contribution in [0.15, 0.2) is 30.5 Å². The first-order valence-corrected chi connectivity index (χ1v) is 12.2. The van der Waals surface area contributed by atoms with E-state index in [2.05, 4.69) is 37.7 Å². The summed E-state index contributed by atoms with van der Waals surface area (Å²) in [6, 6.07) is 7.61. The number of aromatic nitrogens is 2. The minimum atomic E-state index is 0.0917. The van der Waals surface area contributed by atoms with E-state index in [4.69, 9.17) is 16.3 Å². The van der Waals surface area contributed by atoms with Crippen molar-refractivity contribution in [2.45, 2.75) is 58.7 Å². The first-order chi connectivity index (χ1) is 15.3. The Balaban J connectivity index is 1.42. The maximum Gasteiger partial charge on any atom is 0.257 e. The molecule has 3 heterocycles. The topological polar surface area (TPSA) is 50.6 Å². The van der Waals surface area contributed by atoms with E-state index in [1.165, 1.54) is 0 Å². The molecule has 4 rings (SSSR count). The molecule has 32 heavy (non-hydrogen) atoms. The van der Waals surface area contributed by atoms with Gasteiger partial charge in [-0.05, 0) is 56.7 Å². The Labute approximate surface area is 196 Å². The minimum Gasteiger partial charge on any atom is -0.373 e. The van der Waals surface area contributed by atoms with Gasteiger partial charge in [0, 0.05) is 37.7 Å². The molecular formula is C25H35ClN4O2. The first-order valence-electron chi connectivity index (χ1n) is 11.8. The summed E-state index contributed by atoms with van der Waals surface area (Å²) in [6.07, 6.45) is 4.41. The summed E-state index contributed by atoms with van der Waals surface area (Å²) in [6.45, 7) is 13.2. The van der Waals surface area contributed by atoms with E-state index in [1.54, 1.807) is 6.20 Å². The summed E-state index contributed by atoms with van der Waals surface area (Å²) in [4.78, 5) is 18.0. The summed E-state index contributed by atoms with van der Waals surface area (Å²) in [5.41, 5.74) is 2.53. The number of ether oxygens (including phenoxy) is 1. The summed E-state index contributed by atoms with van der Waals surface area (Å²) >= 11 is 6.19. The van der Waals surface area contributed by atoms with Crippen LogP contribution in [0, 0.1) is 5.92 Å². The van der Waals surface area contributed by atoms with Crippen molar-refractivity contribution in [2.24, 2.45) is 5.92 Å². The average Bonchev–Trinajstić information content (AvgIpc) is 3.19. The zero-order chi connectivity index (χ0) is 22.8. The van der Waals surface area contributed by atoms with Gasteiger partial charge in [-0.1, -0.05) is 31.5 Å². The Morgan fingerprint density at radius 3 is 2.50 bits per heavy atom. The normalized spacial score (nSPS) is 23.1. The predicted molar refractivity (Wildman–Crippen MR) is 128 cm³/mol. The second kappa shape index (κ2) is 9.94. The number of rotatable bonds is 5. The van der Waals surface area contributed by atoms with Crippen LogP contribution < -0.4 is 0 Å². The van der Waals surface area contributed by atoms with Crippen LogP contribution in [-0.4, -0.2) is 70.4 Å². The summed E-state index contributed by atoms with van der Waals surface area (Å²) < 4.78 is 7.72. The van der Waals surface area contributed by atoms with Crippen LogP contribution >= 0.6 is 11.6 Å². The fourth-order valence-corrected chi connectivity index (χ4v) is 5.36. The molecule has 2 aromatic rings. The van der Waals surface area contributed by atoms with Crippen molar-refractivity contribution in [3.8, 4) is 5.69 Å². The highest BCUT2D eigenvalue weighted by molar-refractivity contribution is 6.30. The number of hydrogen-bond donors (Lipinski definition) is 0. The van der Waals surface area contributed by atoms with Gasteiger partial charge in [-0.25, -0.2) is 4.68 Å². The fraction of sp³-hybridized carbons (Fsp3) is 0.600. The number of likely N-dealkylation sites (tertiary alicyclic amines) is 1. The number of nitrogens with zero attached hydrogens (tertiary/aromatic N) is 4. The monoisotopic (exact) mass is 458 g/mol. The predicted octanol–water partition coefficient (Wildman–Crippen LogP) is 4.61. The van der Waals surface area contributed by atoms with Crippen molar-refractivity contribution in [3.63, 3.8) is 0 Å². The van der Waals surface area contributed by atoms with Crippen LogP contribution in [0.2, 0.25) is 5.02 Å². The minimum absolute atomic E-state index is 0.0917. The van der Waals surface area contributed by atoms with Gasteiger partial charge >= 0.3 is 0 Å². The molecule has 2 aliphatic rings. The van der Waals surface area contributed by atoms with Crippen LogP contribution in [0.3, 0.4) is 0 Å². The Bertz CT molecular complexity index is 926. The SMILES string of the molecule is CC1CN(CC2CCN(C(=O)c3cnn(-c4cccc(Cl)c4)c3C(C)C)CC2)CC(C)O1. The number of amides is 1. The van der Waals surface area contributed by atoms with Crippen LogP contribution in [0.5, 0.6) is 0 Å². The number of piperidine rings is 1. The second-order valence-corrected chi connectivity index (χ2v) is 10.1. The molecular weight excluding hydrogens is 424 g/mol. The van der Waals surface area contributed by atoms with Gasteiger partial charge in [0.2, 0.25) is 0 Å². The van der Waals surface area contributed by atoms with Gasteiger partial charge < -0.3 is 9.64 Å². The van der Waals surface area contributed by atoms with Gasteiger partial charge in [0.25, 0.3) is 5.91 Å².